The highest BCUT2D eigenvalue weighted by Gasteiger charge is 2.01. The standard InChI is InChI=1S/C13H19NO3/c1-3-17-12-7-6-11(9-10(12)2)14-8-4-5-13(15)16/h6-7,9,14H,3-5,8H2,1-2H3,(H,15,16). The molecule has 4 heteroatoms. The molecule has 0 aromatic heterocycles. The van der Waals surface area contributed by atoms with Crippen molar-refractivity contribution in [1.29, 1.82) is 0 Å². The summed E-state index contributed by atoms with van der Waals surface area (Å²) >= 11 is 0. The summed E-state index contributed by atoms with van der Waals surface area (Å²) in [4.78, 5) is 10.3. The van der Waals surface area contributed by atoms with E-state index in [9.17, 15) is 4.79 Å². The van der Waals surface area contributed by atoms with Gasteiger partial charge in [0.15, 0.2) is 0 Å². The summed E-state index contributed by atoms with van der Waals surface area (Å²) in [6.07, 6.45) is 0.824. The van der Waals surface area contributed by atoms with E-state index in [1.54, 1.807) is 0 Å². The van der Waals surface area contributed by atoms with Crippen LogP contribution in [0, 0.1) is 6.92 Å². The highest BCUT2D eigenvalue weighted by atomic mass is 16.5. The lowest BCUT2D eigenvalue weighted by atomic mass is 10.2. The Morgan fingerprint density at radius 1 is 1.47 bits per heavy atom. The third-order valence-corrected chi connectivity index (χ3v) is 2.37. The average Bonchev–Trinajstić information content (AvgIpc) is 2.28. The summed E-state index contributed by atoms with van der Waals surface area (Å²) in [5, 5.41) is 11.7. The van der Waals surface area contributed by atoms with E-state index in [4.69, 9.17) is 9.84 Å². The molecule has 0 bridgehead atoms. The van der Waals surface area contributed by atoms with E-state index < -0.39 is 5.97 Å². The summed E-state index contributed by atoms with van der Waals surface area (Å²) in [5.74, 6) is 0.137. The number of nitrogens with one attached hydrogen (secondary N) is 1. The number of ether oxygens (including phenoxy) is 1. The maximum absolute atomic E-state index is 10.3. The van der Waals surface area contributed by atoms with Crippen molar-refractivity contribution in [3.05, 3.63) is 23.8 Å². The molecule has 0 fully saturated rings. The minimum absolute atomic E-state index is 0.197. The Morgan fingerprint density at radius 2 is 2.24 bits per heavy atom. The predicted molar refractivity (Wildman–Crippen MR) is 67.7 cm³/mol. The molecular formula is C13H19NO3. The molecule has 1 aromatic carbocycles. The summed E-state index contributed by atoms with van der Waals surface area (Å²) in [5.41, 5.74) is 2.08. The number of carboxylic acid groups (broad SMARTS) is 1. The Hall–Kier alpha value is -1.71. The normalized spacial score (nSPS) is 10.0. The summed E-state index contributed by atoms with van der Waals surface area (Å²) in [6.45, 7) is 5.27. The van der Waals surface area contributed by atoms with Gasteiger partial charge in [0.25, 0.3) is 0 Å². The summed E-state index contributed by atoms with van der Waals surface area (Å²) in [7, 11) is 0. The number of hydrogen-bond donors (Lipinski definition) is 2. The Morgan fingerprint density at radius 3 is 2.82 bits per heavy atom. The van der Waals surface area contributed by atoms with Crippen molar-refractivity contribution in [3.63, 3.8) is 0 Å². The SMILES string of the molecule is CCOc1ccc(NCCCC(=O)O)cc1C. The Balaban J connectivity index is 2.44. The van der Waals surface area contributed by atoms with E-state index in [0.717, 1.165) is 17.0 Å². The second kappa shape index (κ2) is 6.78. The molecule has 0 aliphatic carbocycles. The zero-order chi connectivity index (χ0) is 12.7. The number of hydrogen-bond acceptors (Lipinski definition) is 3. The summed E-state index contributed by atoms with van der Waals surface area (Å²) < 4.78 is 5.44. The van der Waals surface area contributed by atoms with Crippen LogP contribution in [0.15, 0.2) is 18.2 Å². The molecule has 1 rings (SSSR count). The van der Waals surface area contributed by atoms with E-state index in [1.807, 2.05) is 32.0 Å². The minimum atomic E-state index is -0.755. The number of aryl methyl sites for hydroxylation is 1. The zero-order valence-electron chi connectivity index (χ0n) is 10.3. The number of benzene rings is 1. The molecule has 0 amide bonds. The Bertz CT molecular complexity index is 377. The monoisotopic (exact) mass is 237 g/mol. The largest absolute Gasteiger partial charge is 0.494 e. The minimum Gasteiger partial charge on any atom is -0.494 e. The van der Waals surface area contributed by atoms with E-state index >= 15 is 0 Å². The highest BCUT2D eigenvalue weighted by Crippen LogP contribution is 2.21. The number of rotatable bonds is 7. The molecule has 2 N–H and O–H groups in total. The van der Waals surface area contributed by atoms with Crippen molar-refractivity contribution in [2.75, 3.05) is 18.5 Å². The van der Waals surface area contributed by atoms with Gasteiger partial charge >= 0.3 is 5.97 Å². The van der Waals surface area contributed by atoms with Gasteiger partial charge in [-0.15, -0.1) is 0 Å². The second-order valence-electron chi connectivity index (χ2n) is 3.84. The first kappa shape index (κ1) is 13.4. The van der Waals surface area contributed by atoms with Crippen molar-refractivity contribution in [3.8, 4) is 5.75 Å². The molecule has 0 atom stereocenters. The quantitative estimate of drug-likeness (QED) is 0.716. The van der Waals surface area contributed by atoms with Crippen LogP contribution in [-0.2, 0) is 4.79 Å². The van der Waals surface area contributed by atoms with Crippen molar-refractivity contribution < 1.29 is 14.6 Å². The van der Waals surface area contributed by atoms with Crippen molar-refractivity contribution >= 4 is 11.7 Å². The van der Waals surface area contributed by atoms with Crippen molar-refractivity contribution in [1.82, 2.24) is 0 Å². The first-order valence-electron chi connectivity index (χ1n) is 5.82. The van der Waals surface area contributed by atoms with Gasteiger partial charge in [0.1, 0.15) is 5.75 Å². The lowest BCUT2D eigenvalue weighted by molar-refractivity contribution is -0.137. The fourth-order valence-electron chi connectivity index (χ4n) is 1.55. The lowest BCUT2D eigenvalue weighted by Gasteiger charge is -2.10. The third-order valence-electron chi connectivity index (χ3n) is 2.37. The molecule has 0 saturated carbocycles. The van der Waals surface area contributed by atoms with Gasteiger partial charge in [0.2, 0.25) is 0 Å². The van der Waals surface area contributed by atoms with Crippen LogP contribution in [-0.4, -0.2) is 24.2 Å². The van der Waals surface area contributed by atoms with Gasteiger partial charge in [0.05, 0.1) is 6.61 Å². The van der Waals surface area contributed by atoms with Crippen LogP contribution >= 0.6 is 0 Å². The number of carboxylic acids is 1. The molecule has 0 radical (unpaired) electrons. The molecule has 0 heterocycles. The van der Waals surface area contributed by atoms with E-state index in [0.29, 0.717) is 19.6 Å². The molecule has 4 nitrogen and oxygen atoms in total. The molecule has 0 aliphatic heterocycles. The number of anilines is 1. The van der Waals surface area contributed by atoms with E-state index in [1.165, 1.54) is 0 Å². The first-order chi connectivity index (χ1) is 8.13. The van der Waals surface area contributed by atoms with Crippen LogP contribution in [0.3, 0.4) is 0 Å². The molecule has 1 aromatic rings. The first-order valence-corrected chi connectivity index (χ1v) is 5.82. The Kier molecular flexibility index (Phi) is 5.33. The summed E-state index contributed by atoms with van der Waals surface area (Å²) in [6, 6.07) is 5.88. The van der Waals surface area contributed by atoms with Crippen LogP contribution in [0.25, 0.3) is 0 Å². The maximum atomic E-state index is 10.3. The van der Waals surface area contributed by atoms with Gasteiger partial charge in [0, 0.05) is 18.7 Å². The van der Waals surface area contributed by atoms with Gasteiger partial charge in [-0.2, -0.15) is 0 Å². The van der Waals surface area contributed by atoms with Gasteiger partial charge in [-0.05, 0) is 44.0 Å². The van der Waals surface area contributed by atoms with Crippen molar-refractivity contribution in [2.24, 2.45) is 0 Å². The number of carbonyl (C=O) groups is 1. The molecule has 0 unspecified atom stereocenters. The van der Waals surface area contributed by atoms with Crippen molar-refractivity contribution in [2.45, 2.75) is 26.7 Å². The molecule has 94 valence electrons. The van der Waals surface area contributed by atoms with Gasteiger partial charge in [-0.1, -0.05) is 0 Å². The Labute approximate surface area is 102 Å². The van der Waals surface area contributed by atoms with Crippen LogP contribution in [0.5, 0.6) is 5.75 Å². The third kappa shape index (κ3) is 4.76. The molecule has 17 heavy (non-hydrogen) atoms. The van der Waals surface area contributed by atoms with Crippen LogP contribution in [0.4, 0.5) is 5.69 Å². The average molecular weight is 237 g/mol. The van der Waals surface area contributed by atoms with Crippen LogP contribution in [0.2, 0.25) is 0 Å². The zero-order valence-corrected chi connectivity index (χ0v) is 10.3. The second-order valence-corrected chi connectivity index (χ2v) is 3.84. The van der Waals surface area contributed by atoms with Crippen LogP contribution in [0.1, 0.15) is 25.3 Å². The maximum Gasteiger partial charge on any atom is 0.303 e. The molecular weight excluding hydrogens is 218 g/mol. The fourth-order valence-corrected chi connectivity index (χ4v) is 1.55. The smallest absolute Gasteiger partial charge is 0.303 e. The van der Waals surface area contributed by atoms with E-state index in [-0.39, 0.29) is 6.42 Å². The van der Waals surface area contributed by atoms with Gasteiger partial charge < -0.3 is 15.2 Å². The van der Waals surface area contributed by atoms with Gasteiger partial charge in [-0.3, -0.25) is 4.79 Å². The molecule has 0 saturated heterocycles. The number of aliphatic carboxylic acids is 1. The predicted octanol–water partition coefficient (Wildman–Crippen LogP) is 2.67. The highest BCUT2D eigenvalue weighted by molar-refractivity contribution is 5.66. The van der Waals surface area contributed by atoms with Crippen LogP contribution < -0.4 is 10.1 Å². The lowest BCUT2D eigenvalue weighted by Crippen LogP contribution is -2.05. The topological polar surface area (TPSA) is 58.6 Å². The fraction of sp³-hybridized carbons (Fsp3) is 0.462. The van der Waals surface area contributed by atoms with Gasteiger partial charge in [-0.25, -0.2) is 0 Å². The molecule has 0 aliphatic rings. The van der Waals surface area contributed by atoms with E-state index in [2.05, 4.69) is 5.32 Å². The molecule has 0 spiro atoms.